The summed E-state index contributed by atoms with van der Waals surface area (Å²) in [4.78, 5) is 16.2. The summed E-state index contributed by atoms with van der Waals surface area (Å²) in [6.45, 7) is 6.43. The van der Waals surface area contributed by atoms with Gasteiger partial charge in [0.15, 0.2) is 6.23 Å². The number of hydrogen-bond donors (Lipinski definition) is 5. The number of benzene rings is 1. The fraction of sp³-hybridized carbons (Fsp3) is 0.455. The van der Waals surface area contributed by atoms with Crippen molar-refractivity contribution in [3.8, 4) is 11.6 Å². The minimum Gasteiger partial charge on any atom is -0.493 e. The van der Waals surface area contributed by atoms with E-state index in [1.807, 2.05) is 0 Å². The fourth-order valence-corrected chi connectivity index (χ4v) is 5.18. The molecule has 198 valence electrons. The van der Waals surface area contributed by atoms with Crippen LogP contribution in [-0.4, -0.2) is 68.9 Å². The van der Waals surface area contributed by atoms with Crippen LogP contribution < -0.4 is 15.3 Å². The minimum atomic E-state index is -4.25. The number of aliphatic hydroxyl groups excluding tert-OH is 2. The molecule has 1 aliphatic rings. The number of aromatic nitrogens is 2. The molecule has 2 heterocycles. The van der Waals surface area contributed by atoms with Crippen LogP contribution in [0.2, 0.25) is 0 Å². The van der Waals surface area contributed by atoms with E-state index in [9.17, 15) is 24.7 Å². The van der Waals surface area contributed by atoms with Gasteiger partial charge in [0.05, 0.1) is 19.4 Å². The maximum atomic E-state index is 13.7. The van der Waals surface area contributed by atoms with E-state index in [2.05, 4.69) is 16.7 Å². The van der Waals surface area contributed by atoms with Gasteiger partial charge in [-0.3, -0.25) is 13.9 Å². The summed E-state index contributed by atoms with van der Waals surface area (Å²) < 4.78 is 36.4. The van der Waals surface area contributed by atoms with Gasteiger partial charge >= 0.3 is 13.7 Å². The highest BCUT2D eigenvalue weighted by Gasteiger charge is 2.46. The molecule has 6 atom stereocenters. The third-order valence-corrected chi connectivity index (χ3v) is 7.01. The summed E-state index contributed by atoms with van der Waals surface area (Å²) >= 11 is 0. The molecule has 14 heteroatoms. The lowest BCUT2D eigenvalue weighted by atomic mass is 10.1. The van der Waals surface area contributed by atoms with Gasteiger partial charge in [-0.15, -0.1) is 0 Å². The van der Waals surface area contributed by atoms with Crippen molar-refractivity contribution in [2.24, 2.45) is 11.7 Å². The van der Waals surface area contributed by atoms with Gasteiger partial charge in [-0.05, 0) is 18.1 Å². The van der Waals surface area contributed by atoms with E-state index in [0.717, 1.165) is 4.57 Å². The Morgan fingerprint density at radius 1 is 1.31 bits per heavy atom. The normalized spacial score (nSPS) is 24.3. The average Bonchev–Trinajstić information content (AvgIpc) is 3.35. The Kier molecular flexibility index (Phi) is 8.77. The van der Waals surface area contributed by atoms with Crippen LogP contribution in [0.3, 0.4) is 0 Å². The molecule has 0 bridgehead atoms. The topological polar surface area (TPSA) is 188 Å². The van der Waals surface area contributed by atoms with Gasteiger partial charge < -0.3 is 35.1 Å². The molecule has 0 spiro atoms. The molecule has 2 aromatic rings. The predicted molar refractivity (Wildman–Crippen MR) is 127 cm³/mol. The Balaban J connectivity index is 1.80. The number of nitrogens with one attached hydrogen (secondary N) is 1. The summed E-state index contributed by atoms with van der Waals surface area (Å²) in [5.41, 5.74) is 5.57. The maximum absolute atomic E-state index is 13.7. The molecule has 13 nitrogen and oxygen atoms in total. The standard InChI is InChI=1S/C22H31N4O9P/c1-12(2)16(22(30)32-4)25-36(31,35-14-8-6-5-7-9-14)33-10-15-18(27)19(28)21(34-15)26-11-24-17(13(3)23)20(26)29/h5-9,11-12,15-16,18-19,21,27-29H,3,10,23H2,1-2,4H3,(H,25,31)/t15-,16+,18-,19-,21-,36?/m1/s1. The van der Waals surface area contributed by atoms with Gasteiger partial charge in [-0.1, -0.05) is 38.6 Å². The number of carbonyl (C=O) groups is 1. The highest BCUT2D eigenvalue weighted by molar-refractivity contribution is 7.52. The van der Waals surface area contributed by atoms with Gasteiger partial charge in [-0.25, -0.2) is 9.55 Å². The quantitative estimate of drug-likeness (QED) is 0.208. The lowest BCUT2D eigenvalue weighted by Crippen LogP contribution is -2.42. The number of nitrogens with two attached hydrogens (primary N) is 1. The maximum Gasteiger partial charge on any atom is 0.459 e. The first kappa shape index (κ1) is 27.7. The van der Waals surface area contributed by atoms with Crippen LogP contribution in [0, 0.1) is 5.92 Å². The summed E-state index contributed by atoms with van der Waals surface area (Å²) in [5, 5.41) is 34.0. The van der Waals surface area contributed by atoms with Gasteiger partial charge in [0.25, 0.3) is 0 Å². The number of nitrogens with zero attached hydrogens (tertiary/aromatic N) is 2. The van der Waals surface area contributed by atoms with E-state index >= 15 is 0 Å². The fourth-order valence-electron chi connectivity index (χ4n) is 3.52. The first-order chi connectivity index (χ1) is 17.0. The van der Waals surface area contributed by atoms with E-state index in [1.54, 1.807) is 44.2 Å². The van der Waals surface area contributed by atoms with Crippen molar-refractivity contribution >= 4 is 19.4 Å². The number of ether oxygens (including phenoxy) is 2. The van der Waals surface area contributed by atoms with E-state index in [-0.39, 0.29) is 23.1 Å². The molecule has 1 saturated heterocycles. The zero-order valence-corrected chi connectivity index (χ0v) is 20.9. The van der Waals surface area contributed by atoms with E-state index < -0.39 is 56.8 Å². The van der Waals surface area contributed by atoms with Gasteiger partial charge in [0, 0.05) is 0 Å². The molecule has 1 unspecified atom stereocenters. The molecule has 1 aromatic carbocycles. The van der Waals surface area contributed by atoms with Crippen molar-refractivity contribution in [1.29, 1.82) is 0 Å². The number of esters is 1. The molecule has 1 aliphatic heterocycles. The number of carbonyl (C=O) groups excluding carboxylic acids is 1. The van der Waals surface area contributed by atoms with Crippen LogP contribution in [0.5, 0.6) is 11.6 Å². The van der Waals surface area contributed by atoms with Gasteiger partial charge in [0.2, 0.25) is 5.88 Å². The summed E-state index contributed by atoms with van der Waals surface area (Å²) in [5.74, 6) is -1.24. The second-order valence-electron chi connectivity index (χ2n) is 8.47. The van der Waals surface area contributed by atoms with Crippen molar-refractivity contribution in [2.45, 2.75) is 44.4 Å². The average molecular weight is 526 g/mol. The second kappa shape index (κ2) is 11.4. The van der Waals surface area contributed by atoms with Crippen LogP contribution in [0.25, 0.3) is 5.70 Å². The van der Waals surface area contributed by atoms with Crippen molar-refractivity contribution < 1.29 is 43.2 Å². The summed E-state index contributed by atoms with van der Waals surface area (Å²) in [6, 6.07) is 7.11. The first-order valence-corrected chi connectivity index (χ1v) is 12.6. The molecule has 36 heavy (non-hydrogen) atoms. The van der Waals surface area contributed by atoms with Crippen molar-refractivity contribution in [1.82, 2.24) is 14.6 Å². The molecule has 3 rings (SSSR count). The highest BCUT2D eigenvalue weighted by Crippen LogP contribution is 2.46. The van der Waals surface area contributed by atoms with Crippen molar-refractivity contribution in [2.75, 3.05) is 13.7 Å². The van der Waals surface area contributed by atoms with Crippen molar-refractivity contribution in [3.05, 3.63) is 48.9 Å². The Bertz CT molecular complexity index is 1110. The van der Waals surface area contributed by atoms with Crippen LogP contribution in [0.1, 0.15) is 25.8 Å². The predicted octanol–water partition coefficient (Wildman–Crippen LogP) is 1.13. The van der Waals surface area contributed by atoms with Crippen molar-refractivity contribution in [3.63, 3.8) is 0 Å². The zero-order valence-electron chi connectivity index (χ0n) is 20.1. The molecule has 0 amide bonds. The smallest absolute Gasteiger partial charge is 0.459 e. The van der Waals surface area contributed by atoms with E-state index in [1.165, 1.54) is 13.4 Å². The highest BCUT2D eigenvalue weighted by atomic mass is 31.2. The molecule has 0 saturated carbocycles. The monoisotopic (exact) mass is 526 g/mol. The molecule has 6 N–H and O–H groups in total. The Labute approximate surface area is 208 Å². The number of aromatic hydroxyl groups is 1. The zero-order chi connectivity index (χ0) is 26.6. The number of hydrogen-bond acceptors (Lipinski definition) is 11. The molecule has 0 radical (unpaired) electrons. The minimum absolute atomic E-state index is 0.00504. The number of para-hydroxylation sites is 1. The first-order valence-electron chi connectivity index (χ1n) is 11.0. The summed E-state index contributed by atoms with van der Waals surface area (Å²) in [6.07, 6.45) is -4.27. The number of methoxy groups -OCH3 is 1. The third kappa shape index (κ3) is 6.06. The van der Waals surface area contributed by atoms with Crippen LogP contribution in [-0.2, 0) is 23.4 Å². The molecular weight excluding hydrogens is 495 g/mol. The molecule has 1 fully saturated rings. The van der Waals surface area contributed by atoms with Crippen LogP contribution in [0.15, 0.2) is 43.2 Å². The van der Waals surface area contributed by atoms with E-state index in [0.29, 0.717) is 0 Å². The Morgan fingerprint density at radius 3 is 2.53 bits per heavy atom. The third-order valence-electron chi connectivity index (χ3n) is 5.48. The van der Waals surface area contributed by atoms with Gasteiger partial charge in [-0.2, -0.15) is 5.09 Å². The SMILES string of the molecule is C=C(N)c1ncn([C@@H]2O[C@H](COP(=O)(N[C@H](C(=O)OC)C(C)C)Oc3ccccc3)[C@@H](O)[C@H]2O)c1O. The second-order valence-corrected chi connectivity index (χ2v) is 10.2. The lowest BCUT2D eigenvalue weighted by Gasteiger charge is -2.27. The lowest BCUT2D eigenvalue weighted by molar-refractivity contribution is -0.143. The number of aliphatic hydroxyl groups is 2. The van der Waals surface area contributed by atoms with Gasteiger partial charge in [0.1, 0.15) is 42.1 Å². The van der Waals surface area contributed by atoms with E-state index in [4.69, 9.17) is 24.3 Å². The molecule has 0 aliphatic carbocycles. The Hall–Kier alpha value is -2.93. The molecule has 1 aromatic heterocycles. The largest absolute Gasteiger partial charge is 0.493 e. The Morgan fingerprint density at radius 2 is 1.97 bits per heavy atom. The number of imidazole rings is 1. The summed E-state index contributed by atoms with van der Waals surface area (Å²) in [7, 11) is -3.05. The number of rotatable bonds is 11. The van der Waals surface area contributed by atoms with Crippen LogP contribution >= 0.6 is 7.75 Å². The molecular formula is C22H31N4O9P. The van der Waals surface area contributed by atoms with Crippen LogP contribution in [0.4, 0.5) is 0 Å².